The van der Waals surface area contributed by atoms with E-state index in [0.717, 1.165) is 6.42 Å². The second-order valence-electron chi connectivity index (χ2n) is 3.06. The zero-order chi connectivity index (χ0) is 8.97. The van der Waals surface area contributed by atoms with Gasteiger partial charge in [0, 0.05) is 0 Å². The number of hydrogen-bond donors (Lipinski definition) is 0. The molecule has 0 aromatic carbocycles. The molecule has 2 nitrogen and oxygen atoms in total. The molecule has 0 saturated heterocycles. The summed E-state index contributed by atoms with van der Waals surface area (Å²) in [6, 6.07) is 0. The van der Waals surface area contributed by atoms with E-state index in [2.05, 4.69) is 6.92 Å². The molecule has 0 amide bonds. The second kappa shape index (κ2) is 4.51. The van der Waals surface area contributed by atoms with E-state index in [0.29, 0.717) is 18.4 Å². The lowest BCUT2D eigenvalue weighted by atomic mass is 10.1. The monoisotopic (exact) mass is 188 g/mol. The summed E-state index contributed by atoms with van der Waals surface area (Å²) < 4.78 is 4.90. The molecule has 0 N–H and O–H groups in total. The van der Waals surface area contributed by atoms with Crippen molar-refractivity contribution < 1.29 is 9.53 Å². The van der Waals surface area contributed by atoms with Crippen molar-refractivity contribution in [2.24, 2.45) is 11.8 Å². The average molecular weight is 189 g/mol. The number of carbonyl (C=O) groups excluding carboxylic acids is 1. The van der Waals surface area contributed by atoms with E-state index >= 15 is 0 Å². The maximum absolute atomic E-state index is 11.2. The fraction of sp³-hybridized carbons (Fsp3) is 0.667. The Hall–Kier alpha value is -0.500. The molecule has 0 spiro atoms. The molecule has 0 aromatic rings. The minimum Gasteiger partial charge on any atom is -0.464 e. The molecule has 68 valence electrons. The van der Waals surface area contributed by atoms with Gasteiger partial charge in [-0.3, -0.25) is 4.79 Å². The van der Waals surface area contributed by atoms with Gasteiger partial charge in [-0.05, 0) is 12.3 Å². The molecule has 0 aromatic heterocycles. The molecule has 12 heavy (non-hydrogen) atoms. The maximum Gasteiger partial charge on any atom is 0.312 e. The number of ether oxygens (including phenoxy) is 1. The number of allylic oxidation sites excluding steroid dienone is 1. The van der Waals surface area contributed by atoms with E-state index in [1.165, 1.54) is 0 Å². The average Bonchev–Trinajstić information content (AvgIpc) is 2.47. The highest BCUT2D eigenvalue weighted by Crippen LogP contribution is 2.23. The third kappa shape index (κ3) is 2.52. The van der Waals surface area contributed by atoms with Crippen molar-refractivity contribution in [3.05, 3.63) is 12.2 Å². The first-order valence-electron chi connectivity index (χ1n) is 4.15. The lowest BCUT2D eigenvalue weighted by molar-refractivity contribution is -0.146. The summed E-state index contributed by atoms with van der Waals surface area (Å²) in [5.74, 6) is 0.690. The number of carbonyl (C=O) groups is 1. The number of hydrogen-bond acceptors (Lipinski definition) is 2. The zero-order valence-corrected chi connectivity index (χ0v) is 7.88. The van der Waals surface area contributed by atoms with Gasteiger partial charge >= 0.3 is 5.97 Å². The van der Waals surface area contributed by atoms with Crippen molar-refractivity contribution in [3.63, 3.8) is 0 Å². The van der Waals surface area contributed by atoms with Crippen LogP contribution in [0.5, 0.6) is 0 Å². The summed E-state index contributed by atoms with van der Waals surface area (Å²) in [7, 11) is 0. The van der Waals surface area contributed by atoms with Gasteiger partial charge in [-0.15, -0.1) is 11.6 Å². The fourth-order valence-electron chi connectivity index (χ4n) is 1.30. The second-order valence-corrected chi connectivity index (χ2v) is 3.44. The summed E-state index contributed by atoms with van der Waals surface area (Å²) in [6.07, 6.45) is 4.84. The molecule has 2 atom stereocenters. The van der Waals surface area contributed by atoms with Crippen molar-refractivity contribution in [3.8, 4) is 0 Å². The van der Waals surface area contributed by atoms with Crippen LogP contribution >= 0.6 is 11.6 Å². The van der Waals surface area contributed by atoms with Gasteiger partial charge in [-0.25, -0.2) is 0 Å². The van der Waals surface area contributed by atoms with Crippen LogP contribution in [0.3, 0.4) is 0 Å². The standard InChI is InChI=1S/C9H13ClO2/c1-7-2-3-8(6-7)9(11)12-5-4-10/h2-3,7-8H,4-6H2,1H3/t7-,8+/m0/s1. The van der Waals surface area contributed by atoms with Crippen LogP contribution in [-0.4, -0.2) is 18.5 Å². The first-order chi connectivity index (χ1) is 5.74. The largest absolute Gasteiger partial charge is 0.464 e. The van der Waals surface area contributed by atoms with Crippen molar-refractivity contribution in [1.29, 1.82) is 0 Å². The van der Waals surface area contributed by atoms with E-state index in [1.54, 1.807) is 0 Å². The minimum atomic E-state index is -0.142. The third-order valence-electron chi connectivity index (χ3n) is 1.92. The molecule has 0 heterocycles. The Bertz CT molecular complexity index is 189. The predicted octanol–water partition coefficient (Wildman–Crippen LogP) is 1.98. The van der Waals surface area contributed by atoms with E-state index in [-0.39, 0.29) is 11.9 Å². The Balaban J connectivity index is 2.29. The van der Waals surface area contributed by atoms with Gasteiger partial charge in [0.25, 0.3) is 0 Å². The number of esters is 1. The van der Waals surface area contributed by atoms with E-state index in [9.17, 15) is 4.79 Å². The van der Waals surface area contributed by atoms with Crippen molar-refractivity contribution in [2.75, 3.05) is 12.5 Å². The van der Waals surface area contributed by atoms with Crippen LogP contribution in [0, 0.1) is 11.8 Å². The van der Waals surface area contributed by atoms with Gasteiger partial charge in [-0.1, -0.05) is 19.1 Å². The SMILES string of the molecule is C[C@H]1C=C[C@@H](C(=O)OCCCl)C1. The van der Waals surface area contributed by atoms with Crippen LogP contribution in [0.2, 0.25) is 0 Å². The Morgan fingerprint density at radius 3 is 2.92 bits per heavy atom. The summed E-state index contributed by atoms with van der Waals surface area (Å²) in [4.78, 5) is 11.2. The molecule has 0 fully saturated rings. The number of halogens is 1. The van der Waals surface area contributed by atoms with Gasteiger partial charge < -0.3 is 4.74 Å². The molecule has 3 heteroatoms. The molecule has 0 aliphatic heterocycles. The fourth-order valence-corrected chi connectivity index (χ4v) is 1.38. The summed E-state index contributed by atoms with van der Waals surface area (Å²) >= 11 is 5.39. The lowest BCUT2D eigenvalue weighted by Gasteiger charge is -2.07. The third-order valence-corrected chi connectivity index (χ3v) is 2.08. The molecule has 0 unspecified atom stereocenters. The highest BCUT2D eigenvalue weighted by molar-refractivity contribution is 6.18. The molecule has 0 radical (unpaired) electrons. The number of alkyl halides is 1. The highest BCUT2D eigenvalue weighted by Gasteiger charge is 2.23. The first kappa shape index (κ1) is 9.59. The van der Waals surface area contributed by atoms with E-state index < -0.39 is 0 Å². The smallest absolute Gasteiger partial charge is 0.312 e. The summed E-state index contributed by atoms with van der Waals surface area (Å²) in [5.41, 5.74) is 0. The molecule has 0 bridgehead atoms. The topological polar surface area (TPSA) is 26.3 Å². The molecule has 1 rings (SSSR count). The summed E-state index contributed by atoms with van der Waals surface area (Å²) in [5, 5.41) is 0. The summed E-state index contributed by atoms with van der Waals surface area (Å²) in [6.45, 7) is 2.41. The van der Waals surface area contributed by atoms with Crippen LogP contribution in [0.25, 0.3) is 0 Å². The van der Waals surface area contributed by atoms with Crippen molar-refractivity contribution in [1.82, 2.24) is 0 Å². The number of rotatable bonds is 3. The van der Waals surface area contributed by atoms with E-state index in [1.807, 2.05) is 12.2 Å². The van der Waals surface area contributed by atoms with Crippen LogP contribution < -0.4 is 0 Å². The van der Waals surface area contributed by atoms with Crippen LogP contribution in [0.1, 0.15) is 13.3 Å². The van der Waals surface area contributed by atoms with Gasteiger partial charge in [0.15, 0.2) is 0 Å². The quantitative estimate of drug-likeness (QED) is 0.385. The zero-order valence-electron chi connectivity index (χ0n) is 7.13. The maximum atomic E-state index is 11.2. The molecule has 1 aliphatic rings. The van der Waals surface area contributed by atoms with Gasteiger partial charge in [0.1, 0.15) is 6.61 Å². The normalized spacial score (nSPS) is 27.5. The molecular weight excluding hydrogens is 176 g/mol. The Morgan fingerprint density at radius 2 is 2.42 bits per heavy atom. The van der Waals surface area contributed by atoms with Gasteiger partial charge in [0.05, 0.1) is 11.8 Å². The van der Waals surface area contributed by atoms with E-state index in [4.69, 9.17) is 16.3 Å². The predicted molar refractivity (Wildman–Crippen MR) is 48.1 cm³/mol. The van der Waals surface area contributed by atoms with Crippen molar-refractivity contribution in [2.45, 2.75) is 13.3 Å². The minimum absolute atomic E-state index is 0.0387. The van der Waals surface area contributed by atoms with Gasteiger partial charge in [0.2, 0.25) is 0 Å². The molecule has 0 saturated carbocycles. The van der Waals surface area contributed by atoms with Crippen LogP contribution in [0.4, 0.5) is 0 Å². The van der Waals surface area contributed by atoms with Crippen LogP contribution in [-0.2, 0) is 9.53 Å². The molecule has 1 aliphatic carbocycles. The Morgan fingerprint density at radius 1 is 1.67 bits per heavy atom. The van der Waals surface area contributed by atoms with Crippen molar-refractivity contribution >= 4 is 17.6 Å². The van der Waals surface area contributed by atoms with Gasteiger partial charge in [-0.2, -0.15) is 0 Å². The first-order valence-corrected chi connectivity index (χ1v) is 4.68. The Kier molecular flexibility index (Phi) is 3.60. The lowest BCUT2D eigenvalue weighted by Crippen LogP contribution is -2.15. The van der Waals surface area contributed by atoms with Crippen LogP contribution in [0.15, 0.2) is 12.2 Å². The Labute approximate surface area is 77.5 Å². The molecular formula is C9H13ClO2. The highest BCUT2D eigenvalue weighted by atomic mass is 35.5.